The van der Waals surface area contributed by atoms with Crippen LogP contribution in [0.3, 0.4) is 0 Å². The van der Waals surface area contributed by atoms with Crippen molar-refractivity contribution >= 4 is 28.8 Å². The quantitative estimate of drug-likeness (QED) is 0.726. The third-order valence-corrected chi connectivity index (χ3v) is 5.18. The molecule has 1 unspecified atom stereocenters. The number of hydrogen-bond donors (Lipinski definition) is 0. The summed E-state index contributed by atoms with van der Waals surface area (Å²) in [5.74, 6) is -0.608. The van der Waals surface area contributed by atoms with Crippen LogP contribution in [-0.2, 0) is 0 Å². The molecule has 0 aromatic carbocycles. The van der Waals surface area contributed by atoms with Crippen LogP contribution in [0.2, 0.25) is 5.15 Å². The molecule has 0 spiro atoms. The van der Waals surface area contributed by atoms with Gasteiger partial charge in [0.1, 0.15) is 35.1 Å². The molecule has 26 heavy (non-hydrogen) atoms. The Bertz CT molecular complexity index is 915. The second-order valence-electron chi connectivity index (χ2n) is 6.76. The van der Waals surface area contributed by atoms with Gasteiger partial charge in [-0.05, 0) is 24.8 Å². The van der Waals surface area contributed by atoms with Crippen LogP contribution in [0.1, 0.15) is 31.7 Å². The average molecular weight is 384 g/mol. The molecule has 2 aromatic heterocycles. The fourth-order valence-corrected chi connectivity index (χ4v) is 3.74. The minimum absolute atomic E-state index is 0.0786. The lowest BCUT2D eigenvalue weighted by Crippen LogP contribution is -2.35. The Hall–Kier alpha value is -2.09. The molecule has 1 atom stereocenters. The number of alkyl halides is 1. The summed E-state index contributed by atoms with van der Waals surface area (Å²) in [6, 6.07) is 0. The Balaban J connectivity index is 1.94. The number of nitrogens with zero attached hydrogens (tertiary/aromatic N) is 5. The van der Waals surface area contributed by atoms with Crippen molar-refractivity contribution < 1.29 is 13.2 Å². The van der Waals surface area contributed by atoms with Gasteiger partial charge in [0.15, 0.2) is 0 Å². The first-order valence-corrected chi connectivity index (χ1v) is 8.88. The Morgan fingerprint density at radius 1 is 1.23 bits per heavy atom. The van der Waals surface area contributed by atoms with E-state index >= 15 is 0 Å². The number of anilines is 1. The van der Waals surface area contributed by atoms with Crippen molar-refractivity contribution in [2.75, 3.05) is 18.0 Å². The fraction of sp³-hybridized carbons (Fsp3) is 0.471. The molecule has 1 aliphatic heterocycles. The van der Waals surface area contributed by atoms with Gasteiger partial charge in [-0.3, -0.25) is 0 Å². The van der Waals surface area contributed by atoms with Crippen molar-refractivity contribution in [3.8, 4) is 0 Å². The van der Waals surface area contributed by atoms with Crippen LogP contribution in [-0.4, -0.2) is 38.8 Å². The second kappa shape index (κ2) is 6.57. The molecule has 0 radical (unpaired) electrons. The highest BCUT2D eigenvalue weighted by Gasteiger charge is 2.32. The lowest BCUT2D eigenvalue weighted by atomic mass is 9.95. The molecule has 0 bridgehead atoms. The minimum atomic E-state index is -1.69. The van der Waals surface area contributed by atoms with E-state index in [4.69, 9.17) is 11.6 Å². The van der Waals surface area contributed by atoms with Crippen LogP contribution < -0.4 is 4.90 Å². The minimum Gasteiger partial charge on any atom is -0.356 e. The van der Waals surface area contributed by atoms with Crippen molar-refractivity contribution in [3.05, 3.63) is 34.8 Å². The van der Waals surface area contributed by atoms with Gasteiger partial charge in [0.2, 0.25) is 0 Å². The number of aromatic nitrogens is 4. The van der Waals surface area contributed by atoms with Gasteiger partial charge in [-0.25, -0.2) is 13.2 Å². The fourth-order valence-electron chi connectivity index (χ4n) is 3.49. The summed E-state index contributed by atoms with van der Waals surface area (Å²) in [4.78, 5) is 10.1. The Kier molecular flexibility index (Phi) is 4.38. The lowest BCUT2D eigenvalue weighted by molar-refractivity contribution is 0.362. The van der Waals surface area contributed by atoms with Gasteiger partial charge in [-0.2, -0.15) is 19.6 Å². The van der Waals surface area contributed by atoms with E-state index in [1.54, 1.807) is 0 Å². The molecule has 2 aliphatic rings. The normalized spacial score (nSPS) is 22.3. The maximum atomic E-state index is 14.6. The number of hydrogen-bond acceptors (Lipinski definition) is 4. The maximum Gasteiger partial charge on any atom is 0.255 e. The summed E-state index contributed by atoms with van der Waals surface area (Å²) in [5.41, 5.74) is -0.250. The van der Waals surface area contributed by atoms with E-state index in [1.165, 1.54) is 10.8 Å². The standard InChI is InChI=1S/C17H17ClF3N5/c1-9-2-4-25(5-3-9)16-14(13-11(20)6-10(19)7-12(13)21)15(18)24-17-22-8-23-26(16)17/h6,8-10H,2-5,7H2,1H3. The molecular formula is C17H17ClF3N5. The summed E-state index contributed by atoms with van der Waals surface area (Å²) in [6.45, 7) is 3.54. The first-order chi connectivity index (χ1) is 12.5. The van der Waals surface area contributed by atoms with Gasteiger partial charge >= 0.3 is 0 Å². The number of allylic oxidation sites excluding steroid dienone is 4. The van der Waals surface area contributed by atoms with Crippen LogP contribution >= 0.6 is 11.6 Å². The number of rotatable bonds is 2. The van der Waals surface area contributed by atoms with Crippen LogP contribution in [0, 0.1) is 5.92 Å². The summed E-state index contributed by atoms with van der Waals surface area (Å²) >= 11 is 6.31. The summed E-state index contributed by atoms with van der Waals surface area (Å²) in [6.07, 6.45) is 1.73. The molecular weight excluding hydrogens is 367 g/mol. The van der Waals surface area contributed by atoms with E-state index in [0.29, 0.717) is 24.8 Å². The van der Waals surface area contributed by atoms with Crippen molar-refractivity contribution in [2.45, 2.75) is 32.4 Å². The summed E-state index contributed by atoms with van der Waals surface area (Å²) in [7, 11) is 0. The number of halogens is 4. The topological polar surface area (TPSA) is 46.3 Å². The van der Waals surface area contributed by atoms with Crippen molar-refractivity contribution in [1.82, 2.24) is 19.6 Å². The monoisotopic (exact) mass is 383 g/mol. The highest BCUT2D eigenvalue weighted by Crippen LogP contribution is 2.43. The molecule has 138 valence electrons. The Labute approximate surface area is 153 Å². The van der Waals surface area contributed by atoms with Crippen LogP contribution in [0.15, 0.2) is 24.1 Å². The van der Waals surface area contributed by atoms with E-state index in [1.807, 2.05) is 4.90 Å². The van der Waals surface area contributed by atoms with E-state index in [0.717, 1.165) is 18.9 Å². The first kappa shape index (κ1) is 17.3. The van der Waals surface area contributed by atoms with E-state index in [2.05, 4.69) is 22.0 Å². The third kappa shape index (κ3) is 2.86. The maximum absolute atomic E-state index is 14.6. The Morgan fingerprint density at radius 2 is 1.96 bits per heavy atom. The number of piperidine rings is 1. The molecule has 3 heterocycles. The highest BCUT2D eigenvalue weighted by molar-refractivity contribution is 6.32. The molecule has 1 aliphatic carbocycles. The molecule has 0 amide bonds. The molecule has 2 aromatic rings. The van der Waals surface area contributed by atoms with Crippen LogP contribution in [0.4, 0.5) is 19.0 Å². The largest absolute Gasteiger partial charge is 0.356 e. The van der Waals surface area contributed by atoms with Crippen LogP contribution in [0.25, 0.3) is 11.4 Å². The first-order valence-electron chi connectivity index (χ1n) is 8.50. The summed E-state index contributed by atoms with van der Waals surface area (Å²) < 4.78 is 44.0. The SMILES string of the molecule is CC1CCN(c2c(C3=C(F)CC(F)C=C3F)c(Cl)nc3ncnn23)CC1. The Morgan fingerprint density at radius 3 is 2.65 bits per heavy atom. The molecule has 1 fully saturated rings. The van der Waals surface area contributed by atoms with Gasteiger partial charge < -0.3 is 4.90 Å². The average Bonchev–Trinajstić information content (AvgIpc) is 3.03. The van der Waals surface area contributed by atoms with Crippen molar-refractivity contribution in [3.63, 3.8) is 0 Å². The molecule has 1 saturated heterocycles. The van der Waals surface area contributed by atoms with Crippen LogP contribution in [0.5, 0.6) is 0 Å². The molecule has 5 nitrogen and oxygen atoms in total. The zero-order valence-corrected chi connectivity index (χ0v) is 14.8. The van der Waals surface area contributed by atoms with Gasteiger partial charge in [-0.15, -0.1) is 0 Å². The van der Waals surface area contributed by atoms with Crippen molar-refractivity contribution in [1.29, 1.82) is 0 Å². The van der Waals surface area contributed by atoms with E-state index < -0.39 is 24.2 Å². The van der Waals surface area contributed by atoms with E-state index in [-0.39, 0.29) is 22.1 Å². The summed E-state index contributed by atoms with van der Waals surface area (Å²) in [5, 5.41) is 4.08. The van der Waals surface area contributed by atoms with E-state index in [9.17, 15) is 13.2 Å². The third-order valence-electron chi connectivity index (χ3n) is 4.90. The van der Waals surface area contributed by atoms with Gasteiger partial charge in [0.25, 0.3) is 5.78 Å². The van der Waals surface area contributed by atoms with Gasteiger partial charge in [0, 0.05) is 19.5 Å². The molecule has 9 heteroatoms. The molecule has 0 saturated carbocycles. The smallest absolute Gasteiger partial charge is 0.255 e. The lowest BCUT2D eigenvalue weighted by Gasteiger charge is -2.33. The predicted octanol–water partition coefficient (Wildman–Crippen LogP) is 4.29. The zero-order valence-electron chi connectivity index (χ0n) is 14.1. The zero-order chi connectivity index (χ0) is 18.4. The predicted molar refractivity (Wildman–Crippen MR) is 93.1 cm³/mol. The molecule has 0 N–H and O–H groups in total. The number of fused-ring (bicyclic) bond motifs is 1. The highest BCUT2D eigenvalue weighted by atomic mass is 35.5. The van der Waals surface area contributed by atoms with Gasteiger partial charge in [-0.1, -0.05) is 18.5 Å². The molecule has 4 rings (SSSR count). The second-order valence-corrected chi connectivity index (χ2v) is 7.12. The van der Waals surface area contributed by atoms with Gasteiger partial charge in [0.05, 0.1) is 11.1 Å². The van der Waals surface area contributed by atoms with Crippen molar-refractivity contribution in [2.24, 2.45) is 5.92 Å².